The largest absolute Gasteiger partial charge is 0.373 e. The maximum atomic E-state index is 6.16. The number of ether oxygens (including phenoxy) is 1. The highest BCUT2D eigenvalue weighted by Crippen LogP contribution is 2.43. The first-order chi connectivity index (χ1) is 11.4. The minimum Gasteiger partial charge on any atom is -0.373 e. The lowest BCUT2D eigenvalue weighted by Crippen LogP contribution is -2.26. The van der Waals surface area contributed by atoms with E-state index in [4.69, 9.17) is 4.74 Å². The average Bonchev–Trinajstić information content (AvgIpc) is 3.04. The Balaban J connectivity index is 1.33. The van der Waals surface area contributed by atoms with Gasteiger partial charge in [-0.15, -0.1) is 0 Å². The van der Waals surface area contributed by atoms with Crippen LogP contribution in [0.1, 0.15) is 36.5 Å². The van der Waals surface area contributed by atoms with Crippen molar-refractivity contribution in [3.63, 3.8) is 0 Å². The SMILES string of the molecule is c1ccc(CN[C@@H]2C[C@@H]3CO[C@H](c4ccccc4)C[C@@H]3C2)cc1. The maximum Gasteiger partial charge on any atom is 0.0827 e. The van der Waals surface area contributed by atoms with Crippen molar-refractivity contribution in [3.8, 4) is 0 Å². The molecule has 0 aromatic heterocycles. The molecule has 4 rings (SSSR count). The molecule has 120 valence electrons. The van der Waals surface area contributed by atoms with Crippen molar-refractivity contribution in [1.29, 1.82) is 0 Å². The summed E-state index contributed by atoms with van der Waals surface area (Å²) in [5, 5.41) is 3.75. The summed E-state index contributed by atoms with van der Waals surface area (Å²) in [6.07, 6.45) is 4.03. The highest BCUT2D eigenvalue weighted by atomic mass is 16.5. The van der Waals surface area contributed by atoms with Crippen LogP contribution in [0, 0.1) is 11.8 Å². The number of hydrogen-bond donors (Lipinski definition) is 1. The summed E-state index contributed by atoms with van der Waals surface area (Å²) in [6, 6.07) is 22.1. The van der Waals surface area contributed by atoms with E-state index in [9.17, 15) is 0 Å². The quantitative estimate of drug-likeness (QED) is 0.907. The Morgan fingerprint density at radius 2 is 1.52 bits per heavy atom. The third kappa shape index (κ3) is 3.49. The Morgan fingerprint density at radius 3 is 2.30 bits per heavy atom. The molecule has 0 unspecified atom stereocenters. The van der Waals surface area contributed by atoms with Crippen molar-refractivity contribution in [1.82, 2.24) is 5.32 Å². The Labute approximate surface area is 138 Å². The molecule has 1 aliphatic heterocycles. The van der Waals surface area contributed by atoms with Gasteiger partial charge in [0.15, 0.2) is 0 Å². The van der Waals surface area contributed by atoms with E-state index in [1.54, 1.807) is 0 Å². The molecule has 2 aliphatic rings. The molecular formula is C21H25NO. The summed E-state index contributed by atoms with van der Waals surface area (Å²) in [6.45, 7) is 1.90. The van der Waals surface area contributed by atoms with E-state index in [0.29, 0.717) is 12.1 Å². The van der Waals surface area contributed by atoms with E-state index in [2.05, 4.69) is 66.0 Å². The van der Waals surface area contributed by atoms with Crippen molar-refractivity contribution < 1.29 is 4.74 Å². The predicted molar refractivity (Wildman–Crippen MR) is 93.0 cm³/mol. The fourth-order valence-electron chi connectivity index (χ4n) is 4.21. The molecule has 1 heterocycles. The highest BCUT2D eigenvalue weighted by molar-refractivity contribution is 5.18. The molecule has 1 aliphatic carbocycles. The molecule has 1 saturated carbocycles. The van der Waals surface area contributed by atoms with Crippen molar-refractivity contribution >= 4 is 0 Å². The van der Waals surface area contributed by atoms with E-state index in [-0.39, 0.29) is 0 Å². The van der Waals surface area contributed by atoms with Crippen molar-refractivity contribution in [2.24, 2.45) is 11.8 Å². The number of fused-ring (bicyclic) bond motifs is 1. The zero-order chi connectivity index (χ0) is 15.5. The molecule has 2 nitrogen and oxygen atoms in total. The lowest BCUT2D eigenvalue weighted by Gasteiger charge is -2.32. The van der Waals surface area contributed by atoms with Gasteiger partial charge in [0, 0.05) is 12.6 Å². The lowest BCUT2D eigenvalue weighted by atomic mass is 9.86. The Kier molecular flexibility index (Phi) is 4.45. The van der Waals surface area contributed by atoms with Gasteiger partial charge in [0.25, 0.3) is 0 Å². The summed E-state index contributed by atoms with van der Waals surface area (Å²) in [5.41, 5.74) is 2.72. The number of hydrogen-bond acceptors (Lipinski definition) is 2. The van der Waals surface area contributed by atoms with Gasteiger partial charge >= 0.3 is 0 Å². The maximum absolute atomic E-state index is 6.16. The Bertz CT molecular complexity index is 612. The molecule has 0 spiro atoms. The molecule has 4 atom stereocenters. The summed E-state index contributed by atoms with van der Waals surface area (Å²) in [7, 11) is 0. The number of benzene rings is 2. The molecule has 23 heavy (non-hydrogen) atoms. The first-order valence-electron chi connectivity index (χ1n) is 8.82. The number of nitrogens with one attached hydrogen (secondary N) is 1. The van der Waals surface area contributed by atoms with Crippen LogP contribution in [0.2, 0.25) is 0 Å². The first-order valence-corrected chi connectivity index (χ1v) is 8.82. The fourth-order valence-corrected chi connectivity index (χ4v) is 4.21. The Morgan fingerprint density at radius 1 is 0.826 bits per heavy atom. The van der Waals surface area contributed by atoms with E-state index >= 15 is 0 Å². The molecule has 1 N–H and O–H groups in total. The van der Waals surface area contributed by atoms with Gasteiger partial charge in [-0.1, -0.05) is 60.7 Å². The van der Waals surface area contributed by atoms with Crippen LogP contribution in [0.25, 0.3) is 0 Å². The van der Waals surface area contributed by atoms with Crippen LogP contribution in [-0.4, -0.2) is 12.6 Å². The Hall–Kier alpha value is -1.64. The summed E-state index contributed by atoms with van der Waals surface area (Å²) in [4.78, 5) is 0. The molecule has 1 saturated heterocycles. The standard InChI is InChI=1S/C21H25NO/c1-3-7-16(8-4-1)14-22-20-11-18-13-21(23-15-19(18)12-20)17-9-5-2-6-10-17/h1-10,18-22H,11-15H2/t18-,19+,20-,21-/m0/s1. The van der Waals surface area contributed by atoms with Gasteiger partial charge in [-0.2, -0.15) is 0 Å². The molecule has 0 radical (unpaired) electrons. The third-order valence-corrected chi connectivity index (χ3v) is 5.48. The molecule has 0 amide bonds. The van der Waals surface area contributed by atoms with Crippen LogP contribution in [0.3, 0.4) is 0 Å². The van der Waals surface area contributed by atoms with Crippen molar-refractivity contribution in [2.75, 3.05) is 6.61 Å². The summed E-state index contributed by atoms with van der Waals surface area (Å²) >= 11 is 0. The normalized spacial score (nSPS) is 30.1. The molecule has 2 aromatic carbocycles. The van der Waals surface area contributed by atoms with Crippen LogP contribution in [0.5, 0.6) is 0 Å². The number of rotatable bonds is 4. The monoisotopic (exact) mass is 307 g/mol. The van der Waals surface area contributed by atoms with Gasteiger partial charge in [-0.25, -0.2) is 0 Å². The summed E-state index contributed by atoms with van der Waals surface area (Å²) in [5.74, 6) is 1.55. The van der Waals surface area contributed by atoms with E-state index in [0.717, 1.165) is 25.0 Å². The second kappa shape index (κ2) is 6.86. The molecular weight excluding hydrogens is 282 g/mol. The van der Waals surface area contributed by atoms with Crippen molar-refractivity contribution in [3.05, 3.63) is 71.8 Å². The van der Waals surface area contributed by atoms with Crippen LogP contribution < -0.4 is 5.32 Å². The highest BCUT2D eigenvalue weighted by Gasteiger charge is 2.39. The van der Waals surface area contributed by atoms with Gasteiger partial charge in [0.1, 0.15) is 0 Å². The van der Waals surface area contributed by atoms with Gasteiger partial charge in [-0.3, -0.25) is 0 Å². The second-order valence-corrected chi connectivity index (χ2v) is 7.02. The van der Waals surface area contributed by atoms with E-state index in [1.807, 2.05) is 0 Å². The topological polar surface area (TPSA) is 21.3 Å². The van der Waals surface area contributed by atoms with Crippen LogP contribution in [0.15, 0.2) is 60.7 Å². The van der Waals surface area contributed by atoms with Crippen LogP contribution >= 0.6 is 0 Å². The van der Waals surface area contributed by atoms with E-state index < -0.39 is 0 Å². The van der Waals surface area contributed by atoms with Crippen LogP contribution in [-0.2, 0) is 11.3 Å². The predicted octanol–water partition coefficient (Wildman–Crippen LogP) is 4.33. The van der Waals surface area contributed by atoms with Gasteiger partial charge in [0.05, 0.1) is 12.7 Å². The smallest absolute Gasteiger partial charge is 0.0827 e. The zero-order valence-electron chi connectivity index (χ0n) is 13.5. The fraction of sp³-hybridized carbons (Fsp3) is 0.429. The van der Waals surface area contributed by atoms with Gasteiger partial charge in [-0.05, 0) is 42.2 Å². The van der Waals surface area contributed by atoms with Gasteiger partial charge in [0.2, 0.25) is 0 Å². The van der Waals surface area contributed by atoms with Gasteiger partial charge < -0.3 is 10.1 Å². The van der Waals surface area contributed by atoms with Crippen molar-refractivity contribution in [2.45, 2.75) is 38.0 Å². The third-order valence-electron chi connectivity index (χ3n) is 5.48. The minimum absolute atomic E-state index is 0.297. The zero-order valence-corrected chi connectivity index (χ0v) is 13.5. The molecule has 2 fully saturated rings. The minimum atomic E-state index is 0.297. The first kappa shape index (κ1) is 14.9. The average molecular weight is 307 g/mol. The molecule has 2 aromatic rings. The van der Waals surface area contributed by atoms with E-state index in [1.165, 1.54) is 30.4 Å². The van der Waals surface area contributed by atoms with Crippen LogP contribution in [0.4, 0.5) is 0 Å². The lowest BCUT2D eigenvalue weighted by molar-refractivity contribution is -0.0384. The molecule has 0 bridgehead atoms. The second-order valence-electron chi connectivity index (χ2n) is 7.02. The molecule has 2 heteroatoms. The summed E-state index contributed by atoms with van der Waals surface area (Å²) < 4.78 is 6.16.